The lowest BCUT2D eigenvalue weighted by atomic mass is 9.86. The van der Waals surface area contributed by atoms with E-state index in [-0.39, 0.29) is 11.2 Å². The molecular weight excluding hydrogens is 342 g/mol. The molecule has 2 nitrogen and oxygen atoms in total. The van der Waals surface area contributed by atoms with Crippen molar-refractivity contribution < 1.29 is 5.11 Å². The molecule has 0 saturated heterocycles. The highest BCUT2D eigenvalue weighted by Crippen LogP contribution is 2.38. The van der Waals surface area contributed by atoms with Gasteiger partial charge in [-0.25, -0.2) is 0 Å². The van der Waals surface area contributed by atoms with Gasteiger partial charge in [-0.1, -0.05) is 80.5 Å². The third-order valence-corrected chi connectivity index (χ3v) is 5.33. The van der Waals surface area contributed by atoms with Crippen LogP contribution in [0.5, 0.6) is 5.75 Å². The summed E-state index contributed by atoms with van der Waals surface area (Å²) in [5.41, 5.74) is 6.85. The minimum absolute atomic E-state index is 0.00938. The fraction of sp³-hybridized carbons (Fsp3) is 0.500. The Kier molecular flexibility index (Phi) is 6.75. The summed E-state index contributed by atoms with van der Waals surface area (Å²) in [5, 5.41) is 10.5. The van der Waals surface area contributed by atoms with Gasteiger partial charge in [0.15, 0.2) is 0 Å². The molecule has 0 bridgehead atoms. The molecule has 0 fully saturated rings. The fourth-order valence-corrected chi connectivity index (χ4v) is 3.32. The molecule has 2 aromatic rings. The second kappa shape index (κ2) is 8.51. The molecule has 2 heteroatoms. The van der Waals surface area contributed by atoms with Crippen molar-refractivity contribution in [3.8, 4) is 5.75 Å². The van der Waals surface area contributed by atoms with Crippen LogP contribution in [0.4, 0.5) is 5.69 Å². The largest absolute Gasteiger partial charge is 0.507 e. The summed E-state index contributed by atoms with van der Waals surface area (Å²) in [6, 6.07) is 10.5. The molecule has 0 amide bonds. The van der Waals surface area contributed by atoms with E-state index in [4.69, 9.17) is 4.99 Å². The molecule has 0 unspecified atom stereocenters. The number of rotatable bonds is 5. The number of phenols is 1. The van der Waals surface area contributed by atoms with E-state index in [0.717, 1.165) is 16.8 Å². The Bertz CT molecular complexity index is 822. The van der Waals surface area contributed by atoms with Gasteiger partial charge in [0.1, 0.15) is 5.75 Å². The number of aliphatic imine (C=N–C) groups is 1. The van der Waals surface area contributed by atoms with E-state index in [2.05, 4.69) is 80.5 Å². The molecule has 0 aliphatic carbocycles. The molecule has 0 heterocycles. The molecule has 0 radical (unpaired) electrons. The second-order valence-corrected chi connectivity index (χ2v) is 9.79. The van der Waals surface area contributed by atoms with Crippen molar-refractivity contribution in [1.82, 2.24) is 0 Å². The van der Waals surface area contributed by atoms with Crippen LogP contribution in [0.15, 0.2) is 35.3 Å². The Labute approximate surface area is 171 Å². The second-order valence-electron chi connectivity index (χ2n) is 9.79. The Morgan fingerprint density at radius 3 is 1.75 bits per heavy atom. The van der Waals surface area contributed by atoms with E-state index in [1.54, 1.807) is 0 Å². The third-order valence-electron chi connectivity index (χ3n) is 5.33. The normalized spacial score (nSPS) is 12.7. The Balaban J connectivity index is 2.56. The SMILES string of the molecule is CC(C)c1cc(C(C)C)c(/N=C/c2ccc(C(C)(C)C)cc2O)c(C(C)C)c1. The van der Waals surface area contributed by atoms with Crippen LogP contribution in [0, 0.1) is 0 Å². The summed E-state index contributed by atoms with van der Waals surface area (Å²) in [4.78, 5) is 4.89. The van der Waals surface area contributed by atoms with Crippen LogP contribution in [0.2, 0.25) is 0 Å². The lowest BCUT2D eigenvalue weighted by molar-refractivity contribution is 0.470. The van der Waals surface area contributed by atoms with Crippen LogP contribution in [-0.2, 0) is 5.41 Å². The zero-order valence-electron chi connectivity index (χ0n) is 19.1. The van der Waals surface area contributed by atoms with Gasteiger partial charge in [0.05, 0.1) is 5.69 Å². The van der Waals surface area contributed by atoms with Gasteiger partial charge in [0.2, 0.25) is 0 Å². The molecule has 0 aliphatic heterocycles. The number of phenolic OH excluding ortho intramolecular Hbond substituents is 1. The number of aromatic hydroxyl groups is 1. The summed E-state index contributed by atoms with van der Waals surface area (Å²) in [7, 11) is 0. The maximum Gasteiger partial charge on any atom is 0.124 e. The van der Waals surface area contributed by atoms with Crippen LogP contribution in [0.1, 0.15) is 108 Å². The van der Waals surface area contributed by atoms with E-state index >= 15 is 0 Å². The molecule has 28 heavy (non-hydrogen) atoms. The van der Waals surface area contributed by atoms with Gasteiger partial charge in [0, 0.05) is 11.8 Å². The first-order valence-corrected chi connectivity index (χ1v) is 10.5. The van der Waals surface area contributed by atoms with Crippen molar-refractivity contribution in [2.45, 2.75) is 85.5 Å². The lowest BCUT2D eigenvalue weighted by Gasteiger charge is -2.21. The van der Waals surface area contributed by atoms with Crippen molar-refractivity contribution in [2.75, 3.05) is 0 Å². The standard InChI is InChI=1S/C26H37NO/c1-16(2)20-12-22(17(3)4)25(23(13-20)18(5)6)27-15-19-10-11-21(14-24(19)28)26(7,8)9/h10-18,28H,1-9H3/b27-15+. The van der Waals surface area contributed by atoms with Crippen LogP contribution >= 0.6 is 0 Å². The molecule has 152 valence electrons. The molecule has 0 aliphatic rings. The van der Waals surface area contributed by atoms with Gasteiger partial charge in [-0.05, 0) is 57.6 Å². The van der Waals surface area contributed by atoms with Crippen molar-refractivity contribution >= 4 is 11.9 Å². The first-order valence-electron chi connectivity index (χ1n) is 10.5. The minimum Gasteiger partial charge on any atom is -0.507 e. The number of hydrogen-bond acceptors (Lipinski definition) is 2. The molecule has 2 aromatic carbocycles. The fourth-order valence-electron chi connectivity index (χ4n) is 3.32. The van der Waals surface area contributed by atoms with Crippen molar-refractivity contribution in [2.24, 2.45) is 4.99 Å². The van der Waals surface area contributed by atoms with E-state index < -0.39 is 0 Å². The van der Waals surface area contributed by atoms with Gasteiger partial charge >= 0.3 is 0 Å². The third kappa shape index (κ3) is 5.04. The highest BCUT2D eigenvalue weighted by molar-refractivity contribution is 5.86. The van der Waals surface area contributed by atoms with Gasteiger partial charge < -0.3 is 5.11 Å². The molecule has 0 spiro atoms. The smallest absolute Gasteiger partial charge is 0.124 e. The van der Waals surface area contributed by atoms with Gasteiger partial charge in [-0.3, -0.25) is 4.99 Å². The van der Waals surface area contributed by atoms with Crippen molar-refractivity contribution in [1.29, 1.82) is 0 Å². The van der Waals surface area contributed by atoms with Crippen LogP contribution in [0.25, 0.3) is 0 Å². The summed E-state index contributed by atoms with van der Waals surface area (Å²) in [6.07, 6.45) is 1.81. The zero-order valence-corrected chi connectivity index (χ0v) is 19.1. The Morgan fingerprint density at radius 2 is 1.36 bits per heavy atom. The monoisotopic (exact) mass is 379 g/mol. The van der Waals surface area contributed by atoms with E-state index in [0.29, 0.717) is 17.8 Å². The predicted molar refractivity (Wildman–Crippen MR) is 123 cm³/mol. The number of nitrogens with zero attached hydrogens (tertiary/aromatic N) is 1. The molecule has 0 saturated carbocycles. The maximum atomic E-state index is 10.5. The predicted octanol–water partition coefficient (Wildman–Crippen LogP) is 7.81. The Morgan fingerprint density at radius 1 is 0.821 bits per heavy atom. The van der Waals surface area contributed by atoms with Crippen molar-refractivity contribution in [3.05, 3.63) is 58.1 Å². The van der Waals surface area contributed by atoms with Gasteiger partial charge in [0.25, 0.3) is 0 Å². The highest BCUT2D eigenvalue weighted by Gasteiger charge is 2.17. The number of hydrogen-bond donors (Lipinski definition) is 1. The summed E-state index contributed by atoms with van der Waals surface area (Å²) < 4.78 is 0. The minimum atomic E-state index is 0.00938. The van der Waals surface area contributed by atoms with Crippen LogP contribution in [0.3, 0.4) is 0 Å². The van der Waals surface area contributed by atoms with Gasteiger partial charge in [-0.2, -0.15) is 0 Å². The molecule has 0 aromatic heterocycles. The van der Waals surface area contributed by atoms with Crippen LogP contribution < -0.4 is 0 Å². The Hall–Kier alpha value is -2.09. The first kappa shape index (κ1) is 22.2. The average Bonchev–Trinajstić information content (AvgIpc) is 2.58. The maximum absolute atomic E-state index is 10.5. The van der Waals surface area contributed by atoms with E-state index in [1.807, 2.05) is 18.3 Å². The molecule has 1 N–H and O–H groups in total. The first-order chi connectivity index (χ1) is 12.9. The highest BCUT2D eigenvalue weighted by atomic mass is 16.3. The molecular formula is C26H37NO. The summed E-state index contributed by atoms with van der Waals surface area (Å²) in [5.74, 6) is 1.55. The van der Waals surface area contributed by atoms with E-state index in [1.165, 1.54) is 16.7 Å². The lowest BCUT2D eigenvalue weighted by Crippen LogP contribution is -2.10. The van der Waals surface area contributed by atoms with E-state index in [9.17, 15) is 5.11 Å². The summed E-state index contributed by atoms with van der Waals surface area (Å²) >= 11 is 0. The van der Waals surface area contributed by atoms with Crippen molar-refractivity contribution in [3.63, 3.8) is 0 Å². The topological polar surface area (TPSA) is 32.6 Å². The average molecular weight is 380 g/mol. The molecule has 2 rings (SSSR count). The van der Waals surface area contributed by atoms with Crippen LogP contribution in [-0.4, -0.2) is 11.3 Å². The van der Waals surface area contributed by atoms with Gasteiger partial charge in [-0.15, -0.1) is 0 Å². The zero-order chi connectivity index (χ0) is 21.2. The quantitative estimate of drug-likeness (QED) is 0.528. The number of benzene rings is 2. The molecule has 0 atom stereocenters. The summed E-state index contributed by atoms with van der Waals surface area (Å²) in [6.45, 7) is 19.8.